The van der Waals surface area contributed by atoms with E-state index in [9.17, 15) is 4.79 Å². The standard InChI is InChI=1S/C9H16BrNO/c1-7(10)9-3-5-11(6-4-9)8(2)12/h7,9H,3-6H2,1-2H3. The van der Waals surface area contributed by atoms with Gasteiger partial charge in [0.15, 0.2) is 0 Å². The van der Waals surface area contributed by atoms with E-state index in [2.05, 4.69) is 22.9 Å². The Morgan fingerprint density at radius 2 is 2.00 bits per heavy atom. The maximum atomic E-state index is 11.0. The Labute approximate surface area is 82.4 Å². The van der Waals surface area contributed by atoms with E-state index in [-0.39, 0.29) is 5.91 Å². The predicted molar refractivity (Wildman–Crippen MR) is 53.4 cm³/mol. The van der Waals surface area contributed by atoms with Crippen LogP contribution in [-0.2, 0) is 4.79 Å². The van der Waals surface area contributed by atoms with Gasteiger partial charge in [0.25, 0.3) is 0 Å². The number of carbonyl (C=O) groups excluding carboxylic acids is 1. The van der Waals surface area contributed by atoms with Gasteiger partial charge in [0, 0.05) is 24.8 Å². The maximum absolute atomic E-state index is 11.0. The molecule has 3 heteroatoms. The van der Waals surface area contributed by atoms with Crippen LogP contribution in [0.2, 0.25) is 0 Å². The second kappa shape index (κ2) is 4.26. The molecule has 0 spiro atoms. The van der Waals surface area contributed by atoms with Crippen LogP contribution in [0.15, 0.2) is 0 Å². The summed E-state index contributed by atoms with van der Waals surface area (Å²) in [5, 5.41) is 0. The Morgan fingerprint density at radius 1 is 1.50 bits per heavy atom. The molecule has 1 aliphatic heterocycles. The van der Waals surface area contributed by atoms with Crippen molar-refractivity contribution in [2.75, 3.05) is 13.1 Å². The van der Waals surface area contributed by atoms with E-state index < -0.39 is 0 Å². The molecule has 0 saturated carbocycles. The van der Waals surface area contributed by atoms with Gasteiger partial charge in [-0.25, -0.2) is 0 Å². The molecular weight excluding hydrogens is 218 g/mol. The molecule has 0 aromatic heterocycles. The zero-order valence-electron chi connectivity index (χ0n) is 7.72. The van der Waals surface area contributed by atoms with Crippen LogP contribution in [0, 0.1) is 5.92 Å². The van der Waals surface area contributed by atoms with Gasteiger partial charge in [0.1, 0.15) is 0 Å². The van der Waals surface area contributed by atoms with Gasteiger partial charge in [-0.2, -0.15) is 0 Å². The number of halogens is 1. The first-order valence-electron chi connectivity index (χ1n) is 4.51. The highest BCUT2D eigenvalue weighted by Gasteiger charge is 2.23. The molecular formula is C9H16BrNO. The maximum Gasteiger partial charge on any atom is 0.219 e. The minimum atomic E-state index is 0.218. The molecule has 0 bridgehead atoms. The third kappa shape index (κ3) is 2.47. The summed E-state index contributed by atoms with van der Waals surface area (Å²) in [7, 11) is 0. The number of hydrogen-bond donors (Lipinski definition) is 0. The molecule has 1 fully saturated rings. The zero-order valence-corrected chi connectivity index (χ0v) is 9.30. The fourth-order valence-corrected chi connectivity index (χ4v) is 2.20. The average Bonchev–Trinajstić information content (AvgIpc) is 2.04. The van der Waals surface area contributed by atoms with Crippen LogP contribution < -0.4 is 0 Å². The fourth-order valence-electron chi connectivity index (χ4n) is 1.67. The third-order valence-electron chi connectivity index (χ3n) is 2.63. The molecule has 1 unspecified atom stereocenters. The highest BCUT2D eigenvalue weighted by atomic mass is 79.9. The molecule has 1 amide bonds. The summed E-state index contributed by atoms with van der Waals surface area (Å²) >= 11 is 3.59. The van der Waals surface area contributed by atoms with E-state index in [4.69, 9.17) is 0 Å². The van der Waals surface area contributed by atoms with Gasteiger partial charge in [-0.05, 0) is 18.8 Å². The molecule has 0 aromatic rings. The van der Waals surface area contributed by atoms with E-state index in [1.807, 2.05) is 4.90 Å². The predicted octanol–water partition coefficient (Wildman–Crippen LogP) is 2.03. The first kappa shape index (κ1) is 10.0. The fraction of sp³-hybridized carbons (Fsp3) is 0.889. The molecule has 0 radical (unpaired) electrons. The number of likely N-dealkylation sites (tertiary alicyclic amines) is 1. The lowest BCUT2D eigenvalue weighted by Crippen LogP contribution is -2.38. The summed E-state index contributed by atoms with van der Waals surface area (Å²) in [4.78, 5) is 13.5. The minimum absolute atomic E-state index is 0.218. The van der Waals surface area contributed by atoms with Crippen molar-refractivity contribution < 1.29 is 4.79 Å². The van der Waals surface area contributed by atoms with Gasteiger partial charge in [0.05, 0.1) is 0 Å². The Morgan fingerprint density at radius 3 is 2.33 bits per heavy atom. The van der Waals surface area contributed by atoms with Gasteiger partial charge in [-0.3, -0.25) is 4.79 Å². The second-order valence-electron chi connectivity index (χ2n) is 3.52. The van der Waals surface area contributed by atoms with Crippen LogP contribution in [-0.4, -0.2) is 28.7 Å². The molecule has 1 saturated heterocycles. The Balaban J connectivity index is 2.34. The van der Waals surface area contributed by atoms with Gasteiger partial charge in [-0.1, -0.05) is 22.9 Å². The van der Waals surface area contributed by atoms with Crippen molar-refractivity contribution in [2.24, 2.45) is 5.92 Å². The van der Waals surface area contributed by atoms with E-state index in [1.54, 1.807) is 6.92 Å². The molecule has 12 heavy (non-hydrogen) atoms. The van der Waals surface area contributed by atoms with E-state index in [1.165, 1.54) is 0 Å². The average molecular weight is 234 g/mol. The SMILES string of the molecule is CC(=O)N1CCC(C(C)Br)CC1. The number of carbonyl (C=O) groups is 1. The topological polar surface area (TPSA) is 20.3 Å². The van der Waals surface area contributed by atoms with Crippen LogP contribution in [0.25, 0.3) is 0 Å². The molecule has 1 rings (SSSR count). The second-order valence-corrected chi connectivity index (χ2v) is 4.97. The van der Waals surface area contributed by atoms with Gasteiger partial charge in [0.2, 0.25) is 5.91 Å². The number of amides is 1. The first-order valence-corrected chi connectivity index (χ1v) is 5.42. The van der Waals surface area contributed by atoms with Crippen molar-refractivity contribution in [2.45, 2.75) is 31.5 Å². The summed E-state index contributed by atoms with van der Waals surface area (Å²) < 4.78 is 0. The molecule has 2 nitrogen and oxygen atoms in total. The lowest BCUT2D eigenvalue weighted by molar-refractivity contribution is -0.130. The highest BCUT2D eigenvalue weighted by Crippen LogP contribution is 2.24. The summed E-state index contributed by atoms with van der Waals surface area (Å²) in [6.45, 7) is 5.72. The number of rotatable bonds is 1. The summed E-state index contributed by atoms with van der Waals surface area (Å²) in [5.41, 5.74) is 0. The molecule has 1 aliphatic rings. The molecule has 70 valence electrons. The normalized spacial score (nSPS) is 22.4. The smallest absolute Gasteiger partial charge is 0.219 e. The van der Waals surface area contributed by atoms with Gasteiger partial charge >= 0.3 is 0 Å². The van der Waals surface area contributed by atoms with Crippen molar-refractivity contribution in [1.82, 2.24) is 4.90 Å². The number of piperidine rings is 1. The lowest BCUT2D eigenvalue weighted by Gasteiger charge is -2.32. The summed E-state index contributed by atoms with van der Waals surface area (Å²) in [6, 6.07) is 0. The monoisotopic (exact) mass is 233 g/mol. The quantitative estimate of drug-likeness (QED) is 0.635. The van der Waals surface area contributed by atoms with Crippen molar-refractivity contribution in [3.63, 3.8) is 0 Å². The molecule has 1 atom stereocenters. The highest BCUT2D eigenvalue weighted by molar-refractivity contribution is 9.09. The van der Waals surface area contributed by atoms with Crippen molar-refractivity contribution >= 4 is 21.8 Å². The summed E-state index contributed by atoms with van der Waals surface area (Å²) in [5.74, 6) is 0.969. The van der Waals surface area contributed by atoms with E-state index >= 15 is 0 Å². The van der Waals surface area contributed by atoms with E-state index in [0.717, 1.165) is 31.8 Å². The molecule has 1 heterocycles. The van der Waals surface area contributed by atoms with Crippen LogP contribution >= 0.6 is 15.9 Å². The van der Waals surface area contributed by atoms with E-state index in [0.29, 0.717) is 4.83 Å². The zero-order chi connectivity index (χ0) is 9.14. The summed E-state index contributed by atoms with van der Waals surface area (Å²) in [6.07, 6.45) is 2.29. The number of hydrogen-bond acceptors (Lipinski definition) is 1. The molecule has 0 N–H and O–H groups in total. The Hall–Kier alpha value is -0.0500. The van der Waals surface area contributed by atoms with Crippen LogP contribution in [0.3, 0.4) is 0 Å². The third-order valence-corrected chi connectivity index (χ3v) is 3.38. The van der Waals surface area contributed by atoms with Crippen LogP contribution in [0.5, 0.6) is 0 Å². The Bertz CT molecular complexity index is 162. The van der Waals surface area contributed by atoms with Crippen molar-refractivity contribution in [3.05, 3.63) is 0 Å². The van der Waals surface area contributed by atoms with Crippen LogP contribution in [0.4, 0.5) is 0 Å². The number of alkyl halides is 1. The van der Waals surface area contributed by atoms with Crippen molar-refractivity contribution in [3.8, 4) is 0 Å². The number of nitrogens with zero attached hydrogens (tertiary/aromatic N) is 1. The largest absolute Gasteiger partial charge is 0.343 e. The first-order chi connectivity index (χ1) is 5.61. The van der Waals surface area contributed by atoms with Gasteiger partial charge in [-0.15, -0.1) is 0 Å². The Kier molecular flexibility index (Phi) is 3.56. The lowest BCUT2D eigenvalue weighted by atomic mass is 9.94. The van der Waals surface area contributed by atoms with Gasteiger partial charge < -0.3 is 4.90 Å². The minimum Gasteiger partial charge on any atom is -0.343 e. The molecule has 0 aliphatic carbocycles. The van der Waals surface area contributed by atoms with Crippen LogP contribution in [0.1, 0.15) is 26.7 Å². The molecule has 0 aromatic carbocycles. The van der Waals surface area contributed by atoms with Crippen molar-refractivity contribution in [1.29, 1.82) is 0 Å².